The van der Waals surface area contributed by atoms with Gasteiger partial charge in [0.25, 0.3) is 0 Å². The highest BCUT2D eigenvalue weighted by atomic mass is 16.6. The quantitative estimate of drug-likeness (QED) is 0.509. The van der Waals surface area contributed by atoms with Crippen LogP contribution in [0.25, 0.3) is 10.9 Å². The Labute approximate surface area is 160 Å². The Morgan fingerprint density at radius 3 is 3.00 bits per heavy atom. The molecule has 1 aromatic carbocycles. The Kier molecular flexibility index (Phi) is 4.98. The average Bonchev–Trinajstić information content (AvgIpc) is 3.20. The lowest BCUT2D eigenvalue weighted by atomic mass is 10.2. The van der Waals surface area contributed by atoms with E-state index in [1.54, 1.807) is 12.1 Å². The Balaban J connectivity index is 1.67. The average molecular weight is 381 g/mol. The molecule has 9 heteroatoms. The van der Waals surface area contributed by atoms with E-state index in [-0.39, 0.29) is 23.5 Å². The van der Waals surface area contributed by atoms with E-state index in [0.29, 0.717) is 24.4 Å². The fraction of sp³-hybridized carbons (Fsp3) is 0.316. The Morgan fingerprint density at radius 2 is 2.21 bits per heavy atom. The second-order valence-electron chi connectivity index (χ2n) is 6.53. The maximum Gasteiger partial charge on any atom is 0.373 e. The van der Waals surface area contributed by atoms with Gasteiger partial charge in [0, 0.05) is 24.2 Å². The zero-order valence-corrected chi connectivity index (χ0v) is 15.3. The maximum absolute atomic E-state index is 11.7. The van der Waals surface area contributed by atoms with Crippen molar-refractivity contribution < 1.29 is 14.4 Å². The largest absolute Gasteiger partial charge is 0.431 e. The number of benzene rings is 1. The molecule has 4 rings (SSSR count). The van der Waals surface area contributed by atoms with E-state index in [9.17, 15) is 10.1 Å². The van der Waals surface area contributed by atoms with E-state index in [4.69, 9.17) is 9.47 Å². The molecule has 1 aliphatic heterocycles. The number of anilines is 1. The van der Waals surface area contributed by atoms with Gasteiger partial charge in [-0.05, 0) is 31.9 Å². The van der Waals surface area contributed by atoms with E-state index in [1.165, 1.54) is 6.33 Å². The van der Waals surface area contributed by atoms with Gasteiger partial charge in [-0.3, -0.25) is 10.1 Å². The number of hydrogen-bond donors (Lipinski definition) is 1. The lowest BCUT2D eigenvalue weighted by molar-refractivity contribution is -0.385. The summed E-state index contributed by atoms with van der Waals surface area (Å²) >= 11 is 0. The molecule has 0 saturated carbocycles. The van der Waals surface area contributed by atoms with Gasteiger partial charge in [-0.15, -0.1) is 0 Å². The molecule has 3 heterocycles. The molecule has 1 aliphatic rings. The van der Waals surface area contributed by atoms with Crippen LogP contribution >= 0.6 is 0 Å². The molecule has 1 saturated heterocycles. The Hall–Kier alpha value is -3.33. The molecular formula is C19H19N5O4. The summed E-state index contributed by atoms with van der Waals surface area (Å²) in [6.07, 6.45) is 3.16. The van der Waals surface area contributed by atoms with E-state index in [1.807, 2.05) is 25.1 Å². The summed E-state index contributed by atoms with van der Waals surface area (Å²) in [6.45, 7) is 3.02. The fourth-order valence-corrected chi connectivity index (χ4v) is 3.15. The van der Waals surface area contributed by atoms with Crippen molar-refractivity contribution in [3.8, 4) is 11.6 Å². The first-order valence-electron chi connectivity index (χ1n) is 9.01. The number of nitro groups is 1. The summed E-state index contributed by atoms with van der Waals surface area (Å²) < 4.78 is 11.4. The summed E-state index contributed by atoms with van der Waals surface area (Å²) in [7, 11) is 0. The monoisotopic (exact) mass is 381 g/mol. The number of ether oxygens (including phenoxy) is 2. The molecule has 0 bridgehead atoms. The molecule has 0 spiro atoms. The minimum absolute atomic E-state index is 0.0178. The first-order valence-corrected chi connectivity index (χ1v) is 9.01. The van der Waals surface area contributed by atoms with Crippen molar-refractivity contribution in [3.63, 3.8) is 0 Å². The molecule has 9 nitrogen and oxygen atoms in total. The third-order valence-electron chi connectivity index (χ3n) is 4.52. The van der Waals surface area contributed by atoms with Crippen LogP contribution in [-0.4, -0.2) is 39.1 Å². The molecule has 3 aromatic rings. The number of nitrogens with zero attached hydrogens (tertiary/aromatic N) is 4. The number of nitrogens with one attached hydrogen (secondary N) is 1. The van der Waals surface area contributed by atoms with Crippen molar-refractivity contribution in [1.29, 1.82) is 0 Å². The molecular weight excluding hydrogens is 362 g/mol. The number of hydrogen-bond acceptors (Lipinski definition) is 8. The van der Waals surface area contributed by atoms with Gasteiger partial charge in [0.2, 0.25) is 5.82 Å². The van der Waals surface area contributed by atoms with Crippen LogP contribution in [-0.2, 0) is 4.74 Å². The van der Waals surface area contributed by atoms with Crippen LogP contribution in [0, 0.1) is 17.0 Å². The highest BCUT2D eigenvalue weighted by Gasteiger charge is 2.26. The number of rotatable bonds is 6. The molecule has 1 N–H and O–H groups in total. The second kappa shape index (κ2) is 7.73. The second-order valence-corrected chi connectivity index (χ2v) is 6.53. The van der Waals surface area contributed by atoms with Gasteiger partial charge in [0.15, 0.2) is 5.75 Å². The third-order valence-corrected chi connectivity index (χ3v) is 4.52. The number of para-hydroxylation sites is 1. The Morgan fingerprint density at radius 1 is 1.32 bits per heavy atom. The van der Waals surface area contributed by atoms with E-state index in [2.05, 4.69) is 20.3 Å². The van der Waals surface area contributed by atoms with Crippen LogP contribution in [0.3, 0.4) is 0 Å². The normalized spacial score (nSPS) is 16.2. The molecule has 0 amide bonds. The molecule has 144 valence electrons. The summed E-state index contributed by atoms with van der Waals surface area (Å²) in [5.41, 5.74) is 1.12. The van der Waals surface area contributed by atoms with Crippen LogP contribution in [0.2, 0.25) is 0 Å². The highest BCUT2D eigenvalue weighted by molar-refractivity contribution is 5.85. The Bertz CT molecular complexity index is 1020. The van der Waals surface area contributed by atoms with Gasteiger partial charge in [0.05, 0.1) is 11.0 Å². The lowest BCUT2D eigenvalue weighted by Gasteiger charge is -2.13. The third kappa shape index (κ3) is 3.70. The van der Waals surface area contributed by atoms with Crippen LogP contribution in [0.1, 0.15) is 18.5 Å². The minimum Gasteiger partial charge on any atom is -0.431 e. The van der Waals surface area contributed by atoms with Gasteiger partial charge < -0.3 is 14.8 Å². The van der Waals surface area contributed by atoms with Crippen molar-refractivity contribution in [1.82, 2.24) is 15.0 Å². The predicted molar refractivity (Wildman–Crippen MR) is 103 cm³/mol. The first kappa shape index (κ1) is 18.1. The van der Waals surface area contributed by atoms with Crippen molar-refractivity contribution in [2.75, 3.05) is 18.5 Å². The highest BCUT2D eigenvalue weighted by Crippen LogP contribution is 2.36. The van der Waals surface area contributed by atoms with Crippen LogP contribution in [0.5, 0.6) is 11.6 Å². The SMILES string of the molecule is Cc1ccc2cccc(Oc3ncnc(NCC4CCCO4)c3[N+](=O)[O-])c2n1. The van der Waals surface area contributed by atoms with Gasteiger partial charge in [-0.2, -0.15) is 4.98 Å². The number of aromatic nitrogens is 3. The van der Waals surface area contributed by atoms with Crippen LogP contribution in [0.15, 0.2) is 36.7 Å². The summed E-state index contributed by atoms with van der Waals surface area (Å²) in [6, 6.07) is 9.23. The van der Waals surface area contributed by atoms with Crippen molar-refractivity contribution in [2.45, 2.75) is 25.9 Å². The predicted octanol–water partition coefficient (Wildman–Crippen LogP) is 3.62. The van der Waals surface area contributed by atoms with Gasteiger partial charge in [-0.25, -0.2) is 9.97 Å². The minimum atomic E-state index is -0.545. The fourth-order valence-electron chi connectivity index (χ4n) is 3.15. The zero-order chi connectivity index (χ0) is 19.5. The lowest BCUT2D eigenvalue weighted by Crippen LogP contribution is -2.19. The molecule has 28 heavy (non-hydrogen) atoms. The summed E-state index contributed by atoms with van der Waals surface area (Å²) in [4.78, 5) is 23.7. The van der Waals surface area contributed by atoms with Gasteiger partial charge >= 0.3 is 11.6 Å². The molecule has 1 fully saturated rings. The van der Waals surface area contributed by atoms with Crippen molar-refractivity contribution in [3.05, 3.63) is 52.5 Å². The zero-order valence-electron chi connectivity index (χ0n) is 15.3. The molecule has 0 radical (unpaired) electrons. The standard InChI is InChI=1S/C19H19N5O4/c1-12-7-8-13-4-2-6-15(16(13)23-12)28-19-17(24(25)26)18(21-11-22-19)20-10-14-5-3-9-27-14/h2,4,6-8,11,14H,3,5,9-10H2,1H3,(H,20,21,22). The molecule has 2 aromatic heterocycles. The van der Waals surface area contributed by atoms with E-state index >= 15 is 0 Å². The van der Waals surface area contributed by atoms with E-state index in [0.717, 1.165) is 23.9 Å². The summed E-state index contributed by atoms with van der Waals surface area (Å²) in [5, 5.41) is 15.6. The topological polar surface area (TPSA) is 112 Å². The maximum atomic E-state index is 11.7. The molecule has 1 atom stereocenters. The molecule has 1 unspecified atom stereocenters. The summed E-state index contributed by atoms with van der Waals surface area (Å²) in [5.74, 6) is 0.369. The van der Waals surface area contributed by atoms with Gasteiger partial charge in [0.1, 0.15) is 11.8 Å². The number of fused-ring (bicyclic) bond motifs is 1. The smallest absolute Gasteiger partial charge is 0.373 e. The van der Waals surface area contributed by atoms with E-state index < -0.39 is 4.92 Å². The number of aryl methyl sites for hydroxylation is 1. The molecule has 0 aliphatic carbocycles. The first-order chi connectivity index (χ1) is 13.6. The van der Waals surface area contributed by atoms with Crippen molar-refractivity contribution >= 4 is 22.4 Å². The van der Waals surface area contributed by atoms with Crippen LogP contribution < -0.4 is 10.1 Å². The number of pyridine rings is 1. The van der Waals surface area contributed by atoms with Crippen LogP contribution in [0.4, 0.5) is 11.5 Å². The van der Waals surface area contributed by atoms with Crippen molar-refractivity contribution in [2.24, 2.45) is 0 Å². The van der Waals surface area contributed by atoms with Gasteiger partial charge in [-0.1, -0.05) is 18.2 Å².